The van der Waals surface area contributed by atoms with Gasteiger partial charge >= 0.3 is 12.0 Å². The van der Waals surface area contributed by atoms with E-state index in [0.717, 1.165) is 12.8 Å². The van der Waals surface area contributed by atoms with Gasteiger partial charge in [-0.25, -0.2) is 4.79 Å². The highest BCUT2D eigenvalue weighted by Gasteiger charge is 2.42. The summed E-state index contributed by atoms with van der Waals surface area (Å²) in [6, 6.07) is -0.147. The first-order valence-corrected chi connectivity index (χ1v) is 7.72. The van der Waals surface area contributed by atoms with Crippen molar-refractivity contribution in [3.8, 4) is 0 Å². The van der Waals surface area contributed by atoms with Gasteiger partial charge in [-0.15, -0.1) is 0 Å². The third-order valence-electron chi connectivity index (χ3n) is 4.61. The van der Waals surface area contributed by atoms with E-state index in [1.54, 1.807) is 11.8 Å². The van der Waals surface area contributed by atoms with Crippen LogP contribution in [0.15, 0.2) is 0 Å². The number of urea groups is 1. The van der Waals surface area contributed by atoms with Gasteiger partial charge in [0.15, 0.2) is 0 Å². The fraction of sp³-hybridized carbons (Fsp3) is 0.867. The van der Waals surface area contributed by atoms with E-state index in [0.29, 0.717) is 25.4 Å². The summed E-state index contributed by atoms with van der Waals surface area (Å²) in [5.74, 6) is -0.397. The predicted octanol–water partition coefficient (Wildman–Crippen LogP) is 1.70. The molecular weight excluding hydrogens is 272 g/mol. The predicted molar refractivity (Wildman–Crippen MR) is 78.1 cm³/mol. The van der Waals surface area contributed by atoms with E-state index in [9.17, 15) is 14.7 Å². The minimum atomic E-state index is -0.829. The van der Waals surface area contributed by atoms with Crippen molar-refractivity contribution in [1.82, 2.24) is 10.2 Å². The van der Waals surface area contributed by atoms with Crippen molar-refractivity contribution >= 4 is 12.0 Å². The number of ether oxygens (including phenoxy) is 1. The Hall–Kier alpha value is -1.30. The molecule has 0 spiro atoms. The van der Waals surface area contributed by atoms with Crippen molar-refractivity contribution in [2.45, 2.75) is 52.2 Å². The number of nitrogens with zero attached hydrogens (tertiary/aromatic N) is 1. The molecule has 6 nitrogen and oxygen atoms in total. The molecule has 0 radical (unpaired) electrons. The number of carbonyl (C=O) groups is 2. The average Bonchev–Trinajstić information content (AvgIpc) is 2.79. The first kappa shape index (κ1) is 16.1. The molecule has 0 aliphatic carbocycles. The van der Waals surface area contributed by atoms with E-state index in [1.165, 1.54) is 0 Å². The summed E-state index contributed by atoms with van der Waals surface area (Å²) in [6.45, 7) is 7.25. The van der Waals surface area contributed by atoms with Crippen LogP contribution in [0.4, 0.5) is 4.79 Å². The van der Waals surface area contributed by atoms with Crippen LogP contribution in [-0.4, -0.2) is 53.8 Å². The highest BCUT2D eigenvalue weighted by molar-refractivity contribution is 5.79. The number of amides is 2. The SMILES string of the molecule is CC1CC(CNC(=O)N2CCC(C)(C(=O)O)C2)CC(C)O1. The second-order valence-corrected chi connectivity index (χ2v) is 6.82. The van der Waals surface area contributed by atoms with E-state index in [2.05, 4.69) is 19.2 Å². The molecule has 2 amide bonds. The van der Waals surface area contributed by atoms with Gasteiger partial charge in [-0.05, 0) is 46.0 Å². The molecule has 2 heterocycles. The monoisotopic (exact) mass is 298 g/mol. The average molecular weight is 298 g/mol. The van der Waals surface area contributed by atoms with E-state index in [-0.39, 0.29) is 24.8 Å². The number of aliphatic carboxylic acids is 1. The lowest BCUT2D eigenvalue weighted by atomic mass is 9.90. The van der Waals surface area contributed by atoms with Crippen LogP contribution in [0.3, 0.4) is 0 Å². The van der Waals surface area contributed by atoms with Crippen LogP contribution in [0.1, 0.15) is 40.0 Å². The third kappa shape index (κ3) is 3.87. The van der Waals surface area contributed by atoms with E-state index in [4.69, 9.17) is 4.74 Å². The van der Waals surface area contributed by atoms with Crippen molar-refractivity contribution in [1.29, 1.82) is 0 Å². The zero-order chi connectivity index (χ0) is 15.6. The van der Waals surface area contributed by atoms with Gasteiger partial charge in [0, 0.05) is 19.6 Å². The summed E-state index contributed by atoms with van der Waals surface area (Å²) >= 11 is 0. The van der Waals surface area contributed by atoms with Gasteiger partial charge in [0.05, 0.1) is 17.6 Å². The van der Waals surface area contributed by atoms with Gasteiger partial charge in [-0.2, -0.15) is 0 Å². The quantitative estimate of drug-likeness (QED) is 0.831. The van der Waals surface area contributed by atoms with Crippen molar-refractivity contribution in [2.24, 2.45) is 11.3 Å². The minimum Gasteiger partial charge on any atom is -0.481 e. The number of carboxylic acid groups (broad SMARTS) is 1. The maximum atomic E-state index is 12.2. The number of carbonyl (C=O) groups excluding carboxylic acids is 1. The minimum absolute atomic E-state index is 0.147. The fourth-order valence-corrected chi connectivity index (χ4v) is 3.36. The summed E-state index contributed by atoms with van der Waals surface area (Å²) in [4.78, 5) is 25.0. The van der Waals surface area contributed by atoms with Gasteiger partial charge in [0.25, 0.3) is 0 Å². The molecule has 120 valence electrons. The van der Waals surface area contributed by atoms with Crippen LogP contribution in [0.25, 0.3) is 0 Å². The van der Waals surface area contributed by atoms with Gasteiger partial charge in [0.2, 0.25) is 0 Å². The number of nitrogens with one attached hydrogen (secondary N) is 1. The van der Waals surface area contributed by atoms with Crippen LogP contribution in [0, 0.1) is 11.3 Å². The molecule has 2 fully saturated rings. The Kier molecular flexibility index (Phi) is 4.76. The first-order valence-electron chi connectivity index (χ1n) is 7.72. The molecular formula is C15H26N2O4. The Bertz CT molecular complexity index is 404. The lowest BCUT2D eigenvalue weighted by Gasteiger charge is -2.32. The summed E-state index contributed by atoms with van der Waals surface area (Å²) in [5, 5.41) is 12.1. The van der Waals surface area contributed by atoms with Crippen LogP contribution in [0.2, 0.25) is 0 Å². The lowest BCUT2D eigenvalue weighted by molar-refractivity contribution is -0.147. The Balaban J connectivity index is 1.79. The maximum absolute atomic E-state index is 12.2. The summed E-state index contributed by atoms with van der Waals surface area (Å²) in [5.41, 5.74) is -0.807. The number of hydrogen-bond donors (Lipinski definition) is 2. The van der Waals surface area contributed by atoms with Crippen molar-refractivity contribution in [2.75, 3.05) is 19.6 Å². The van der Waals surface area contributed by atoms with Crippen LogP contribution in [0.5, 0.6) is 0 Å². The van der Waals surface area contributed by atoms with E-state index in [1.807, 2.05) is 0 Å². The molecule has 6 heteroatoms. The van der Waals surface area contributed by atoms with Crippen molar-refractivity contribution in [3.05, 3.63) is 0 Å². The van der Waals surface area contributed by atoms with Crippen LogP contribution < -0.4 is 5.32 Å². The highest BCUT2D eigenvalue weighted by atomic mass is 16.5. The van der Waals surface area contributed by atoms with E-state index >= 15 is 0 Å². The number of carboxylic acids is 1. The van der Waals surface area contributed by atoms with Gasteiger partial charge in [0.1, 0.15) is 0 Å². The molecule has 0 saturated carbocycles. The molecule has 21 heavy (non-hydrogen) atoms. The summed E-state index contributed by atoms with van der Waals surface area (Å²) in [7, 11) is 0. The highest BCUT2D eigenvalue weighted by Crippen LogP contribution is 2.30. The van der Waals surface area contributed by atoms with Gasteiger partial charge < -0.3 is 20.1 Å². The molecule has 0 aromatic carbocycles. The molecule has 3 unspecified atom stereocenters. The molecule has 2 aliphatic heterocycles. The van der Waals surface area contributed by atoms with Crippen molar-refractivity contribution < 1.29 is 19.4 Å². The standard InChI is InChI=1S/C15H26N2O4/c1-10-6-12(7-11(2)21-10)8-16-14(20)17-5-4-15(3,9-17)13(18)19/h10-12H,4-9H2,1-3H3,(H,16,20)(H,18,19). The van der Waals surface area contributed by atoms with E-state index < -0.39 is 11.4 Å². The Labute approximate surface area is 125 Å². The number of rotatable bonds is 3. The van der Waals surface area contributed by atoms with Crippen molar-refractivity contribution in [3.63, 3.8) is 0 Å². The molecule has 2 saturated heterocycles. The largest absolute Gasteiger partial charge is 0.481 e. The normalized spacial score (nSPS) is 36.5. The second kappa shape index (κ2) is 6.22. The first-order chi connectivity index (χ1) is 9.80. The third-order valence-corrected chi connectivity index (χ3v) is 4.61. The smallest absolute Gasteiger partial charge is 0.317 e. The molecule has 2 N–H and O–H groups in total. The molecule has 0 aromatic heterocycles. The second-order valence-electron chi connectivity index (χ2n) is 6.82. The van der Waals surface area contributed by atoms with Gasteiger partial charge in [-0.3, -0.25) is 4.79 Å². The molecule has 0 aromatic rings. The van der Waals surface area contributed by atoms with Crippen LogP contribution >= 0.6 is 0 Å². The Morgan fingerprint density at radius 2 is 1.95 bits per heavy atom. The molecule has 3 atom stereocenters. The number of hydrogen-bond acceptors (Lipinski definition) is 3. The summed E-state index contributed by atoms with van der Waals surface area (Å²) < 4.78 is 5.69. The molecule has 0 bridgehead atoms. The number of likely N-dealkylation sites (tertiary alicyclic amines) is 1. The van der Waals surface area contributed by atoms with Crippen LogP contribution in [-0.2, 0) is 9.53 Å². The van der Waals surface area contributed by atoms with Gasteiger partial charge in [-0.1, -0.05) is 0 Å². The summed E-state index contributed by atoms with van der Waals surface area (Å²) in [6.07, 6.45) is 2.89. The molecule has 2 aliphatic rings. The lowest BCUT2D eigenvalue weighted by Crippen LogP contribution is -2.44. The zero-order valence-electron chi connectivity index (χ0n) is 13.1. The fourth-order valence-electron chi connectivity index (χ4n) is 3.36. The maximum Gasteiger partial charge on any atom is 0.317 e. The molecule has 2 rings (SSSR count). The Morgan fingerprint density at radius 3 is 2.48 bits per heavy atom. The zero-order valence-corrected chi connectivity index (χ0v) is 13.1. The Morgan fingerprint density at radius 1 is 1.33 bits per heavy atom. The topological polar surface area (TPSA) is 78.9 Å².